The summed E-state index contributed by atoms with van der Waals surface area (Å²) in [6, 6.07) is 8.39. The zero-order valence-corrected chi connectivity index (χ0v) is 15.6. The van der Waals surface area contributed by atoms with Gasteiger partial charge in [0, 0.05) is 27.2 Å². The number of benzene rings is 1. The number of hydrogen-bond donors (Lipinski definition) is 2. The molecule has 0 spiro atoms. The molecular weight excluding hydrogens is 377 g/mol. The summed E-state index contributed by atoms with van der Waals surface area (Å²) in [5, 5.41) is 6.66. The van der Waals surface area contributed by atoms with Crippen LogP contribution in [0.25, 0.3) is 0 Å². The fourth-order valence-corrected chi connectivity index (χ4v) is 1.98. The van der Waals surface area contributed by atoms with Crippen molar-refractivity contribution >= 4 is 29.9 Å². The van der Waals surface area contributed by atoms with Crippen molar-refractivity contribution in [2.75, 3.05) is 20.7 Å². The molecule has 4 nitrogen and oxygen atoms in total. The molecule has 0 unspecified atom stereocenters. The lowest BCUT2D eigenvalue weighted by Crippen LogP contribution is -2.37. The van der Waals surface area contributed by atoms with Gasteiger partial charge >= 0.3 is 0 Å². The highest BCUT2D eigenvalue weighted by molar-refractivity contribution is 14.0. The van der Waals surface area contributed by atoms with Crippen LogP contribution in [0.2, 0.25) is 0 Å². The van der Waals surface area contributed by atoms with Crippen LogP contribution >= 0.6 is 24.0 Å². The minimum Gasteiger partial charge on any atom is -0.380 e. The predicted molar refractivity (Wildman–Crippen MR) is 100 cm³/mol. The van der Waals surface area contributed by atoms with Crippen molar-refractivity contribution in [2.45, 2.75) is 39.3 Å². The normalized spacial score (nSPS) is 10.9. The maximum Gasteiger partial charge on any atom is 0.191 e. The van der Waals surface area contributed by atoms with Crippen molar-refractivity contribution < 1.29 is 4.74 Å². The van der Waals surface area contributed by atoms with Crippen molar-refractivity contribution in [1.29, 1.82) is 0 Å². The summed E-state index contributed by atoms with van der Waals surface area (Å²) in [4.78, 5) is 4.23. The standard InChI is InChI=1S/C16H27N3O.HI/c1-4-5-6-10-18-16(17-2)19-12-14-8-7-9-15(11-14)13-20-3;/h7-9,11H,4-6,10,12-13H2,1-3H3,(H2,17,18,19);1H. The van der Waals surface area contributed by atoms with Gasteiger partial charge in [0.15, 0.2) is 5.96 Å². The van der Waals surface area contributed by atoms with Gasteiger partial charge in [0.05, 0.1) is 6.61 Å². The largest absolute Gasteiger partial charge is 0.380 e. The van der Waals surface area contributed by atoms with E-state index in [1.54, 1.807) is 14.2 Å². The van der Waals surface area contributed by atoms with Gasteiger partial charge in [0.2, 0.25) is 0 Å². The molecule has 120 valence electrons. The third-order valence-electron chi connectivity index (χ3n) is 3.06. The van der Waals surface area contributed by atoms with E-state index in [0.29, 0.717) is 6.61 Å². The van der Waals surface area contributed by atoms with Crippen LogP contribution in [0.1, 0.15) is 37.3 Å². The molecule has 0 heterocycles. The highest BCUT2D eigenvalue weighted by atomic mass is 127. The molecule has 21 heavy (non-hydrogen) atoms. The first-order valence-electron chi connectivity index (χ1n) is 7.31. The van der Waals surface area contributed by atoms with Crippen LogP contribution in [0.5, 0.6) is 0 Å². The Morgan fingerprint density at radius 3 is 2.62 bits per heavy atom. The van der Waals surface area contributed by atoms with Crippen LogP contribution < -0.4 is 10.6 Å². The smallest absolute Gasteiger partial charge is 0.191 e. The van der Waals surface area contributed by atoms with Gasteiger partial charge in [-0.25, -0.2) is 0 Å². The number of methoxy groups -OCH3 is 1. The van der Waals surface area contributed by atoms with Crippen molar-refractivity contribution in [3.8, 4) is 0 Å². The van der Waals surface area contributed by atoms with E-state index in [-0.39, 0.29) is 24.0 Å². The number of halogens is 1. The van der Waals surface area contributed by atoms with E-state index in [0.717, 1.165) is 19.0 Å². The van der Waals surface area contributed by atoms with Crippen molar-refractivity contribution in [3.63, 3.8) is 0 Å². The Morgan fingerprint density at radius 1 is 1.19 bits per heavy atom. The highest BCUT2D eigenvalue weighted by Crippen LogP contribution is 2.06. The monoisotopic (exact) mass is 405 g/mol. The zero-order valence-electron chi connectivity index (χ0n) is 13.3. The molecule has 0 aliphatic carbocycles. The Bertz CT molecular complexity index is 410. The molecule has 0 aromatic heterocycles. The molecule has 0 bridgehead atoms. The second kappa shape index (κ2) is 12.9. The van der Waals surface area contributed by atoms with Gasteiger partial charge in [0.25, 0.3) is 0 Å². The SMILES string of the molecule is CCCCCNC(=NC)NCc1cccc(COC)c1.I. The molecule has 0 saturated carbocycles. The van der Waals surface area contributed by atoms with Crippen molar-refractivity contribution in [3.05, 3.63) is 35.4 Å². The molecule has 1 aromatic rings. The highest BCUT2D eigenvalue weighted by Gasteiger charge is 1.99. The predicted octanol–water partition coefficient (Wildman–Crippen LogP) is 3.31. The van der Waals surface area contributed by atoms with Crippen LogP contribution in [0.15, 0.2) is 29.3 Å². The Balaban J connectivity index is 0.00000400. The van der Waals surface area contributed by atoms with Crippen LogP contribution in [0.4, 0.5) is 0 Å². The average molecular weight is 405 g/mol. The summed E-state index contributed by atoms with van der Waals surface area (Å²) >= 11 is 0. The Hall–Kier alpha value is -0.820. The minimum atomic E-state index is 0. The fraction of sp³-hybridized carbons (Fsp3) is 0.562. The second-order valence-corrected chi connectivity index (χ2v) is 4.81. The number of guanidine groups is 1. The van der Waals surface area contributed by atoms with E-state index in [4.69, 9.17) is 4.74 Å². The molecule has 0 amide bonds. The number of rotatable bonds is 8. The summed E-state index contributed by atoms with van der Waals surface area (Å²) in [6.07, 6.45) is 3.67. The zero-order chi connectivity index (χ0) is 14.6. The minimum absolute atomic E-state index is 0. The van der Waals surface area contributed by atoms with Gasteiger partial charge in [-0.3, -0.25) is 4.99 Å². The van der Waals surface area contributed by atoms with Crippen LogP contribution in [0, 0.1) is 0 Å². The van der Waals surface area contributed by atoms with E-state index in [1.807, 2.05) is 0 Å². The molecule has 0 saturated heterocycles. The van der Waals surface area contributed by atoms with E-state index < -0.39 is 0 Å². The van der Waals surface area contributed by atoms with Gasteiger partial charge in [-0.15, -0.1) is 24.0 Å². The van der Waals surface area contributed by atoms with Crippen LogP contribution in [-0.2, 0) is 17.9 Å². The van der Waals surface area contributed by atoms with Crippen molar-refractivity contribution in [1.82, 2.24) is 10.6 Å². The number of ether oxygens (including phenoxy) is 1. The number of hydrogen-bond acceptors (Lipinski definition) is 2. The molecule has 0 fully saturated rings. The topological polar surface area (TPSA) is 45.7 Å². The van der Waals surface area contributed by atoms with Crippen LogP contribution in [-0.4, -0.2) is 26.7 Å². The molecule has 1 rings (SSSR count). The molecule has 0 aliphatic heterocycles. The first-order valence-corrected chi connectivity index (χ1v) is 7.31. The summed E-state index contributed by atoms with van der Waals surface area (Å²) in [5.74, 6) is 0.859. The fourth-order valence-electron chi connectivity index (χ4n) is 1.98. The van der Waals surface area contributed by atoms with Gasteiger partial charge in [-0.05, 0) is 17.5 Å². The molecule has 2 N–H and O–H groups in total. The van der Waals surface area contributed by atoms with Gasteiger partial charge in [-0.2, -0.15) is 0 Å². The molecule has 5 heteroatoms. The molecule has 0 aliphatic rings. The molecular formula is C16H28IN3O. The Morgan fingerprint density at radius 2 is 1.95 bits per heavy atom. The van der Waals surface area contributed by atoms with Gasteiger partial charge in [0.1, 0.15) is 0 Å². The van der Waals surface area contributed by atoms with E-state index >= 15 is 0 Å². The van der Waals surface area contributed by atoms with Crippen molar-refractivity contribution in [2.24, 2.45) is 4.99 Å². The van der Waals surface area contributed by atoms with Crippen LogP contribution in [0.3, 0.4) is 0 Å². The lowest BCUT2D eigenvalue weighted by Gasteiger charge is -2.12. The average Bonchev–Trinajstić information content (AvgIpc) is 2.47. The first-order chi connectivity index (χ1) is 9.80. The Labute approximate surface area is 145 Å². The lowest BCUT2D eigenvalue weighted by molar-refractivity contribution is 0.185. The molecule has 0 atom stereocenters. The maximum atomic E-state index is 5.15. The second-order valence-electron chi connectivity index (χ2n) is 4.81. The van der Waals surface area contributed by atoms with E-state index in [1.165, 1.54) is 30.4 Å². The third-order valence-corrected chi connectivity index (χ3v) is 3.06. The van der Waals surface area contributed by atoms with E-state index in [2.05, 4.69) is 46.8 Å². The maximum absolute atomic E-state index is 5.15. The quantitative estimate of drug-likeness (QED) is 0.302. The van der Waals surface area contributed by atoms with Gasteiger partial charge in [-0.1, -0.05) is 44.0 Å². The third kappa shape index (κ3) is 8.93. The molecule has 0 radical (unpaired) electrons. The van der Waals surface area contributed by atoms with Gasteiger partial charge < -0.3 is 15.4 Å². The number of nitrogens with one attached hydrogen (secondary N) is 2. The lowest BCUT2D eigenvalue weighted by atomic mass is 10.1. The summed E-state index contributed by atoms with van der Waals surface area (Å²) in [6.45, 7) is 4.60. The first kappa shape index (κ1) is 20.2. The number of unbranched alkanes of at least 4 members (excludes halogenated alkanes) is 2. The molecule has 1 aromatic carbocycles. The number of aliphatic imine (C=N–C) groups is 1. The summed E-state index contributed by atoms with van der Waals surface area (Å²) in [7, 11) is 3.52. The summed E-state index contributed by atoms with van der Waals surface area (Å²) in [5.41, 5.74) is 2.42. The van der Waals surface area contributed by atoms with E-state index in [9.17, 15) is 0 Å². The Kier molecular flexibility index (Phi) is 12.4. The summed E-state index contributed by atoms with van der Waals surface area (Å²) < 4.78 is 5.15. The number of nitrogens with zero attached hydrogens (tertiary/aromatic N) is 1.